The molecule has 0 aliphatic carbocycles. The van der Waals surface area contributed by atoms with Gasteiger partial charge in [0.15, 0.2) is 5.82 Å². The predicted molar refractivity (Wildman–Crippen MR) is 83.3 cm³/mol. The van der Waals surface area contributed by atoms with Crippen molar-refractivity contribution >= 4 is 11.5 Å². The molecule has 4 heteroatoms. The molecule has 3 rings (SSSR count). The minimum absolute atomic E-state index is 0.942. The van der Waals surface area contributed by atoms with Crippen LogP contribution in [0, 0.1) is 0 Å². The molecular weight excluding hydrogens is 250 g/mol. The van der Waals surface area contributed by atoms with Crippen molar-refractivity contribution in [3.8, 4) is 0 Å². The second kappa shape index (κ2) is 7.58. The van der Waals surface area contributed by atoms with Crippen LogP contribution in [0.2, 0.25) is 0 Å². The van der Waals surface area contributed by atoms with E-state index in [0.29, 0.717) is 0 Å². The molecule has 0 atom stereocenters. The number of hydrogen-bond donors (Lipinski definition) is 0. The van der Waals surface area contributed by atoms with Crippen molar-refractivity contribution < 1.29 is 4.52 Å². The van der Waals surface area contributed by atoms with Crippen LogP contribution >= 0.6 is 0 Å². The maximum atomic E-state index is 4.87. The van der Waals surface area contributed by atoms with Gasteiger partial charge in [-0.2, -0.15) is 0 Å². The monoisotopic (exact) mass is 273 g/mol. The first-order chi connectivity index (χ1) is 9.85. The number of hydrogen-bond acceptors (Lipinski definition) is 4. The minimum atomic E-state index is 0.942. The van der Waals surface area contributed by atoms with E-state index in [2.05, 4.69) is 59.1 Å². The van der Waals surface area contributed by atoms with Crippen molar-refractivity contribution in [1.29, 1.82) is 0 Å². The van der Waals surface area contributed by atoms with Crippen molar-refractivity contribution in [2.45, 2.75) is 20.3 Å². The first-order valence-electron chi connectivity index (χ1n) is 7.30. The van der Waals surface area contributed by atoms with E-state index in [9.17, 15) is 0 Å². The van der Waals surface area contributed by atoms with E-state index < -0.39 is 0 Å². The molecule has 1 saturated heterocycles. The topological polar surface area (TPSA) is 32.5 Å². The number of para-hydroxylation sites is 1. The van der Waals surface area contributed by atoms with Gasteiger partial charge in [0.2, 0.25) is 0 Å². The van der Waals surface area contributed by atoms with Crippen molar-refractivity contribution in [1.82, 2.24) is 5.16 Å². The molecule has 0 unspecified atom stereocenters. The van der Waals surface area contributed by atoms with Crippen LogP contribution in [0.3, 0.4) is 0 Å². The van der Waals surface area contributed by atoms with Crippen LogP contribution in [-0.2, 0) is 0 Å². The summed E-state index contributed by atoms with van der Waals surface area (Å²) in [7, 11) is 0. The third kappa shape index (κ3) is 3.76. The zero-order valence-electron chi connectivity index (χ0n) is 12.3. The number of nitrogens with zero attached hydrogens (tertiary/aromatic N) is 3. The Kier molecular flexibility index (Phi) is 5.47. The highest BCUT2D eigenvalue weighted by Gasteiger charge is 2.18. The molecule has 2 heterocycles. The molecule has 0 spiro atoms. The van der Waals surface area contributed by atoms with Crippen LogP contribution in [0.15, 0.2) is 47.2 Å². The van der Waals surface area contributed by atoms with E-state index in [1.165, 1.54) is 12.1 Å². The molecule has 0 N–H and O–H groups in total. The standard InChI is InChI=1S/C13H15N3O.C3H8/c1-2-4-12(5-3-1)15-7-9-16(10-8-15)13-6-11-17-14-13;1-3-2/h1-6,11H,7-10H2;3H2,1-2H3. The lowest BCUT2D eigenvalue weighted by molar-refractivity contribution is 0.418. The Morgan fingerprint density at radius 1 is 0.950 bits per heavy atom. The van der Waals surface area contributed by atoms with Gasteiger partial charge < -0.3 is 14.3 Å². The van der Waals surface area contributed by atoms with Crippen molar-refractivity contribution in [3.63, 3.8) is 0 Å². The highest BCUT2D eigenvalue weighted by molar-refractivity contribution is 5.48. The molecule has 20 heavy (non-hydrogen) atoms. The van der Waals surface area contributed by atoms with E-state index >= 15 is 0 Å². The first kappa shape index (κ1) is 14.4. The third-order valence-corrected chi connectivity index (χ3v) is 3.15. The Morgan fingerprint density at radius 2 is 1.55 bits per heavy atom. The van der Waals surface area contributed by atoms with Gasteiger partial charge >= 0.3 is 0 Å². The maximum absolute atomic E-state index is 4.87. The molecule has 0 radical (unpaired) electrons. The summed E-state index contributed by atoms with van der Waals surface area (Å²) in [6.45, 7) is 8.27. The third-order valence-electron chi connectivity index (χ3n) is 3.15. The van der Waals surface area contributed by atoms with Crippen molar-refractivity contribution in [2.24, 2.45) is 0 Å². The number of rotatable bonds is 2. The highest BCUT2D eigenvalue weighted by atomic mass is 16.5. The fourth-order valence-corrected chi connectivity index (χ4v) is 2.20. The summed E-state index contributed by atoms with van der Waals surface area (Å²) < 4.78 is 4.87. The molecule has 2 aromatic rings. The lowest BCUT2D eigenvalue weighted by Gasteiger charge is -2.35. The van der Waals surface area contributed by atoms with Crippen LogP contribution < -0.4 is 9.80 Å². The molecule has 0 saturated carbocycles. The summed E-state index contributed by atoms with van der Waals surface area (Å²) >= 11 is 0. The fourth-order valence-electron chi connectivity index (χ4n) is 2.20. The number of aromatic nitrogens is 1. The smallest absolute Gasteiger partial charge is 0.172 e. The average Bonchev–Trinajstić information content (AvgIpc) is 3.03. The van der Waals surface area contributed by atoms with Gasteiger partial charge in [0, 0.05) is 37.9 Å². The summed E-state index contributed by atoms with van der Waals surface area (Å²) in [6, 6.07) is 12.4. The van der Waals surface area contributed by atoms with Crippen LogP contribution in [0.5, 0.6) is 0 Å². The molecule has 1 fully saturated rings. The van der Waals surface area contributed by atoms with Crippen molar-refractivity contribution in [2.75, 3.05) is 36.0 Å². The molecule has 4 nitrogen and oxygen atoms in total. The Labute approximate surface area is 121 Å². The normalized spacial score (nSPS) is 14.7. The molecule has 1 aliphatic heterocycles. The van der Waals surface area contributed by atoms with Crippen LogP contribution in [-0.4, -0.2) is 31.3 Å². The lowest BCUT2D eigenvalue weighted by Crippen LogP contribution is -2.46. The van der Waals surface area contributed by atoms with Gasteiger partial charge in [0.25, 0.3) is 0 Å². The van der Waals surface area contributed by atoms with Gasteiger partial charge in [-0.15, -0.1) is 0 Å². The number of benzene rings is 1. The van der Waals surface area contributed by atoms with Gasteiger partial charge in [0.05, 0.1) is 0 Å². The summed E-state index contributed by atoms with van der Waals surface area (Å²) in [5, 5.41) is 3.97. The summed E-state index contributed by atoms with van der Waals surface area (Å²) in [4.78, 5) is 4.65. The molecule has 0 amide bonds. The zero-order chi connectivity index (χ0) is 14.2. The zero-order valence-corrected chi connectivity index (χ0v) is 12.3. The largest absolute Gasteiger partial charge is 0.368 e. The Morgan fingerprint density at radius 3 is 2.10 bits per heavy atom. The van der Waals surface area contributed by atoms with E-state index in [4.69, 9.17) is 4.52 Å². The Balaban J connectivity index is 0.000000452. The van der Waals surface area contributed by atoms with E-state index in [1.54, 1.807) is 6.26 Å². The molecule has 1 aliphatic rings. The second-order valence-corrected chi connectivity index (χ2v) is 4.87. The molecule has 1 aromatic heterocycles. The Hall–Kier alpha value is -1.97. The summed E-state index contributed by atoms with van der Waals surface area (Å²) in [5.41, 5.74) is 1.30. The lowest BCUT2D eigenvalue weighted by atomic mass is 10.2. The van der Waals surface area contributed by atoms with E-state index in [1.807, 2.05) is 6.07 Å². The second-order valence-electron chi connectivity index (χ2n) is 4.87. The number of anilines is 2. The van der Waals surface area contributed by atoms with E-state index in [-0.39, 0.29) is 0 Å². The summed E-state index contributed by atoms with van der Waals surface area (Å²) in [6.07, 6.45) is 2.87. The van der Waals surface area contributed by atoms with Crippen LogP contribution in [0.25, 0.3) is 0 Å². The first-order valence-corrected chi connectivity index (χ1v) is 7.30. The van der Waals surface area contributed by atoms with E-state index in [0.717, 1.165) is 32.0 Å². The quantitative estimate of drug-likeness (QED) is 0.839. The molecule has 108 valence electrons. The Bertz CT molecular complexity index is 462. The molecule has 0 bridgehead atoms. The van der Waals surface area contributed by atoms with Gasteiger partial charge in [-0.25, -0.2) is 0 Å². The fraction of sp³-hybridized carbons (Fsp3) is 0.438. The van der Waals surface area contributed by atoms with Crippen molar-refractivity contribution in [3.05, 3.63) is 42.7 Å². The van der Waals surface area contributed by atoms with Gasteiger partial charge in [0.1, 0.15) is 6.26 Å². The SMILES string of the molecule is CCC.c1ccc(N2CCN(c3ccon3)CC2)cc1. The highest BCUT2D eigenvalue weighted by Crippen LogP contribution is 2.18. The van der Waals surface area contributed by atoms with Gasteiger partial charge in [-0.1, -0.05) is 43.6 Å². The minimum Gasteiger partial charge on any atom is -0.368 e. The van der Waals surface area contributed by atoms with Gasteiger partial charge in [-0.3, -0.25) is 0 Å². The molecular formula is C16H23N3O. The predicted octanol–water partition coefficient (Wildman–Crippen LogP) is 3.42. The van der Waals surface area contributed by atoms with Crippen LogP contribution in [0.4, 0.5) is 11.5 Å². The number of piperazine rings is 1. The average molecular weight is 273 g/mol. The summed E-state index contributed by atoms with van der Waals surface area (Å²) in [5.74, 6) is 0.942. The maximum Gasteiger partial charge on any atom is 0.172 e. The van der Waals surface area contributed by atoms with Gasteiger partial charge in [-0.05, 0) is 12.1 Å². The van der Waals surface area contributed by atoms with Crippen LogP contribution in [0.1, 0.15) is 20.3 Å². The molecule has 1 aromatic carbocycles.